The van der Waals surface area contributed by atoms with E-state index in [-0.39, 0.29) is 5.56 Å². The summed E-state index contributed by atoms with van der Waals surface area (Å²) in [7, 11) is 0. The second kappa shape index (κ2) is 3.38. The van der Waals surface area contributed by atoms with Gasteiger partial charge in [0.25, 0.3) is 0 Å². The zero-order chi connectivity index (χ0) is 10.0. The number of carboxylic acids is 1. The molecule has 0 aliphatic heterocycles. The summed E-state index contributed by atoms with van der Waals surface area (Å²) < 4.78 is 25.0. The molecule has 0 spiro atoms. The van der Waals surface area contributed by atoms with E-state index in [2.05, 4.69) is 0 Å². The predicted molar refractivity (Wildman–Crippen MR) is 39.4 cm³/mol. The van der Waals surface area contributed by atoms with Gasteiger partial charge >= 0.3 is 5.97 Å². The van der Waals surface area contributed by atoms with Gasteiger partial charge in [-0.2, -0.15) is 4.39 Å². The van der Waals surface area contributed by atoms with Crippen LogP contribution >= 0.6 is 0 Å². The number of halogens is 2. The van der Waals surface area contributed by atoms with Crippen LogP contribution in [0.4, 0.5) is 8.78 Å². The molecule has 13 heavy (non-hydrogen) atoms. The lowest BCUT2D eigenvalue weighted by Gasteiger charge is -2.02. The first-order valence-corrected chi connectivity index (χ1v) is 3.40. The van der Waals surface area contributed by atoms with Crippen molar-refractivity contribution < 1.29 is 23.8 Å². The summed E-state index contributed by atoms with van der Waals surface area (Å²) in [4.78, 5) is 10.2. The first-order chi connectivity index (χ1) is 6.02. The Morgan fingerprint density at radius 1 is 1.38 bits per heavy atom. The fourth-order valence-corrected chi connectivity index (χ4v) is 0.885. The Labute approximate surface area is 72.2 Å². The minimum absolute atomic E-state index is 0.147. The Bertz CT molecular complexity index is 349. The maximum absolute atomic E-state index is 12.6. The molecule has 0 saturated carbocycles. The smallest absolute Gasteiger partial charge is 0.307 e. The number of hydrogen-bond donors (Lipinski definition) is 2. The second-order valence-electron chi connectivity index (χ2n) is 2.44. The number of phenols is 1. The van der Waals surface area contributed by atoms with E-state index >= 15 is 0 Å². The van der Waals surface area contributed by atoms with Gasteiger partial charge in [0.2, 0.25) is 5.82 Å². The molecule has 0 unspecified atom stereocenters. The average molecular weight is 188 g/mol. The fourth-order valence-electron chi connectivity index (χ4n) is 0.885. The van der Waals surface area contributed by atoms with E-state index in [4.69, 9.17) is 10.2 Å². The first-order valence-electron chi connectivity index (χ1n) is 3.40. The number of benzene rings is 1. The third-order valence-corrected chi connectivity index (χ3v) is 1.49. The van der Waals surface area contributed by atoms with Gasteiger partial charge in [0, 0.05) is 5.56 Å². The highest BCUT2D eigenvalue weighted by molar-refractivity contribution is 5.71. The largest absolute Gasteiger partial charge is 0.505 e. The molecule has 0 saturated heterocycles. The quantitative estimate of drug-likeness (QED) is 0.735. The van der Waals surface area contributed by atoms with Crippen molar-refractivity contribution >= 4 is 5.97 Å². The van der Waals surface area contributed by atoms with E-state index < -0.39 is 29.8 Å². The van der Waals surface area contributed by atoms with E-state index in [9.17, 15) is 13.6 Å². The molecule has 1 rings (SSSR count). The molecule has 0 aliphatic rings. The number of hydrogen-bond acceptors (Lipinski definition) is 2. The summed E-state index contributed by atoms with van der Waals surface area (Å²) >= 11 is 0. The zero-order valence-corrected chi connectivity index (χ0v) is 6.42. The first kappa shape index (κ1) is 9.44. The summed E-state index contributed by atoms with van der Waals surface area (Å²) in [6.45, 7) is 0. The maximum atomic E-state index is 12.6. The van der Waals surface area contributed by atoms with Crippen LogP contribution in [0.3, 0.4) is 0 Å². The standard InChI is InChI=1S/C8H6F2O3/c9-5-2-1-4(3-6(11)12)8(13)7(5)10/h1-2,13H,3H2,(H,11,12). The van der Waals surface area contributed by atoms with Crippen molar-refractivity contribution in [3.05, 3.63) is 29.3 Å². The molecule has 0 aromatic heterocycles. The normalized spacial score (nSPS) is 10.0. The maximum Gasteiger partial charge on any atom is 0.307 e. The monoisotopic (exact) mass is 188 g/mol. The topological polar surface area (TPSA) is 57.5 Å². The number of aromatic hydroxyl groups is 1. The van der Waals surface area contributed by atoms with Crippen molar-refractivity contribution in [3.8, 4) is 5.75 Å². The molecule has 0 radical (unpaired) electrons. The SMILES string of the molecule is O=C(O)Cc1ccc(F)c(F)c1O. The van der Waals surface area contributed by atoms with E-state index in [1.807, 2.05) is 0 Å². The van der Waals surface area contributed by atoms with Crippen LogP contribution in [0, 0.1) is 11.6 Å². The number of aliphatic carboxylic acids is 1. The lowest BCUT2D eigenvalue weighted by molar-refractivity contribution is -0.136. The third-order valence-electron chi connectivity index (χ3n) is 1.49. The van der Waals surface area contributed by atoms with E-state index in [0.717, 1.165) is 12.1 Å². The van der Waals surface area contributed by atoms with Gasteiger partial charge in [-0.1, -0.05) is 6.07 Å². The Hall–Kier alpha value is -1.65. The van der Waals surface area contributed by atoms with Gasteiger partial charge in [0.1, 0.15) is 0 Å². The van der Waals surface area contributed by atoms with E-state index in [1.165, 1.54) is 0 Å². The van der Waals surface area contributed by atoms with Crippen LogP contribution in [0.1, 0.15) is 5.56 Å². The van der Waals surface area contributed by atoms with Crippen LogP contribution < -0.4 is 0 Å². The van der Waals surface area contributed by atoms with Crippen LogP contribution in [0.15, 0.2) is 12.1 Å². The lowest BCUT2D eigenvalue weighted by atomic mass is 10.1. The molecule has 0 atom stereocenters. The number of carbonyl (C=O) groups is 1. The van der Waals surface area contributed by atoms with Crippen LogP contribution in [-0.2, 0) is 11.2 Å². The van der Waals surface area contributed by atoms with Gasteiger partial charge in [-0.05, 0) is 6.07 Å². The van der Waals surface area contributed by atoms with Crippen molar-refractivity contribution in [2.45, 2.75) is 6.42 Å². The minimum atomic E-state index is -1.42. The molecule has 1 aromatic rings. The Kier molecular flexibility index (Phi) is 2.46. The molecule has 0 aliphatic carbocycles. The lowest BCUT2D eigenvalue weighted by Crippen LogP contribution is -2.01. The molecule has 0 heterocycles. The summed E-state index contributed by atoms with van der Waals surface area (Å²) in [5.41, 5.74) is -0.147. The van der Waals surface area contributed by atoms with Crippen molar-refractivity contribution in [2.75, 3.05) is 0 Å². The number of carboxylic acid groups (broad SMARTS) is 1. The van der Waals surface area contributed by atoms with Crippen molar-refractivity contribution in [3.63, 3.8) is 0 Å². The Morgan fingerprint density at radius 3 is 2.54 bits per heavy atom. The molecule has 0 amide bonds. The minimum Gasteiger partial charge on any atom is -0.505 e. The van der Waals surface area contributed by atoms with Crippen LogP contribution in [-0.4, -0.2) is 16.2 Å². The number of rotatable bonds is 2. The van der Waals surface area contributed by atoms with E-state index in [1.54, 1.807) is 0 Å². The van der Waals surface area contributed by atoms with Crippen LogP contribution in [0.5, 0.6) is 5.75 Å². The van der Waals surface area contributed by atoms with Gasteiger partial charge in [-0.3, -0.25) is 4.79 Å². The predicted octanol–water partition coefficient (Wildman–Crippen LogP) is 1.30. The summed E-state index contributed by atoms with van der Waals surface area (Å²) in [6.07, 6.45) is -0.539. The second-order valence-corrected chi connectivity index (χ2v) is 2.44. The molecule has 0 bridgehead atoms. The molecular formula is C8H6F2O3. The van der Waals surface area contributed by atoms with Crippen molar-refractivity contribution in [2.24, 2.45) is 0 Å². The highest BCUT2D eigenvalue weighted by Crippen LogP contribution is 2.23. The summed E-state index contributed by atoms with van der Waals surface area (Å²) in [5, 5.41) is 17.3. The molecule has 1 aromatic carbocycles. The van der Waals surface area contributed by atoms with Crippen LogP contribution in [0.2, 0.25) is 0 Å². The molecule has 3 nitrogen and oxygen atoms in total. The highest BCUT2D eigenvalue weighted by atomic mass is 19.2. The third kappa shape index (κ3) is 1.93. The van der Waals surface area contributed by atoms with Gasteiger partial charge in [-0.25, -0.2) is 4.39 Å². The Balaban J connectivity index is 3.10. The van der Waals surface area contributed by atoms with Gasteiger partial charge < -0.3 is 10.2 Å². The summed E-state index contributed by atoms with van der Waals surface area (Å²) in [6, 6.07) is 1.80. The van der Waals surface area contributed by atoms with Crippen molar-refractivity contribution in [1.29, 1.82) is 0 Å². The van der Waals surface area contributed by atoms with E-state index in [0.29, 0.717) is 0 Å². The fraction of sp³-hybridized carbons (Fsp3) is 0.125. The van der Waals surface area contributed by atoms with Gasteiger partial charge in [-0.15, -0.1) is 0 Å². The number of phenolic OH excluding ortho intramolecular Hbond substituents is 1. The molecule has 5 heteroatoms. The van der Waals surface area contributed by atoms with Gasteiger partial charge in [0.15, 0.2) is 11.6 Å². The summed E-state index contributed by atoms with van der Waals surface area (Å²) in [5.74, 6) is -4.78. The van der Waals surface area contributed by atoms with Crippen molar-refractivity contribution in [1.82, 2.24) is 0 Å². The van der Waals surface area contributed by atoms with Crippen LogP contribution in [0.25, 0.3) is 0 Å². The molecule has 2 N–H and O–H groups in total. The molecular weight excluding hydrogens is 182 g/mol. The van der Waals surface area contributed by atoms with Gasteiger partial charge in [0.05, 0.1) is 6.42 Å². The Morgan fingerprint density at radius 2 is 2.00 bits per heavy atom. The average Bonchev–Trinajstić information content (AvgIpc) is 2.06. The highest BCUT2D eigenvalue weighted by Gasteiger charge is 2.13. The zero-order valence-electron chi connectivity index (χ0n) is 6.42. The molecule has 0 fully saturated rings. The molecule has 70 valence electrons.